The first kappa shape index (κ1) is 17.7. The minimum atomic E-state index is -0.653. The third-order valence-corrected chi connectivity index (χ3v) is 4.10. The highest BCUT2D eigenvalue weighted by Gasteiger charge is 2.37. The molecule has 0 spiro atoms. The maximum absolute atomic E-state index is 12.9. The van der Waals surface area contributed by atoms with E-state index < -0.39 is 5.41 Å². The van der Waals surface area contributed by atoms with E-state index in [0.717, 1.165) is 11.1 Å². The molecule has 0 unspecified atom stereocenters. The van der Waals surface area contributed by atoms with Crippen molar-refractivity contribution in [3.63, 3.8) is 0 Å². The average Bonchev–Trinajstić information content (AvgIpc) is 2.62. The molecule has 0 N–H and O–H groups in total. The van der Waals surface area contributed by atoms with Gasteiger partial charge in [-0.15, -0.1) is 13.2 Å². The monoisotopic (exact) mass is 320 g/mol. The molecule has 0 fully saturated rings. The largest absolute Gasteiger partial charge is 0.460 e. The molecule has 2 nitrogen and oxygen atoms in total. The molecule has 0 atom stereocenters. The lowest BCUT2D eigenvalue weighted by molar-refractivity contribution is -0.157. The van der Waals surface area contributed by atoms with E-state index in [9.17, 15) is 4.79 Å². The molecular formula is C22H24O2. The summed E-state index contributed by atoms with van der Waals surface area (Å²) < 4.78 is 5.64. The quantitative estimate of drug-likeness (QED) is 0.474. The summed E-state index contributed by atoms with van der Waals surface area (Å²) in [5.41, 5.74) is 1.44. The van der Waals surface area contributed by atoms with Crippen LogP contribution in [0.1, 0.15) is 24.0 Å². The molecule has 0 aliphatic heterocycles. The van der Waals surface area contributed by atoms with Gasteiger partial charge in [0.1, 0.15) is 6.61 Å². The Bertz CT molecular complexity index is 649. The van der Waals surface area contributed by atoms with E-state index in [4.69, 9.17) is 4.74 Å². The van der Waals surface area contributed by atoms with Crippen LogP contribution in [0.4, 0.5) is 0 Å². The van der Waals surface area contributed by atoms with E-state index >= 15 is 0 Å². The Morgan fingerprint density at radius 3 is 1.88 bits per heavy atom. The minimum absolute atomic E-state index is 0.199. The second-order valence-electron chi connectivity index (χ2n) is 5.99. The summed E-state index contributed by atoms with van der Waals surface area (Å²) in [6.07, 6.45) is 5.30. The van der Waals surface area contributed by atoms with Crippen LogP contribution in [0.2, 0.25) is 0 Å². The molecule has 0 aliphatic rings. The number of benzene rings is 2. The molecule has 0 aromatic heterocycles. The fourth-order valence-corrected chi connectivity index (χ4v) is 2.88. The summed E-state index contributed by atoms with van der Waals surface area (Å²) >= 11 is 0. The Morgan fingerprint density at radius 2 is 1.38 bits per heavy atom. The predicted molar refractivity (Wildman–Crippen MR) is 98.4 cm³/mol. The molecular weight excluding hydrogens is 296 g/mol. The van der Waals surface area contributed by atoms with Crippen molar-refractivity contribution in [2.45, 2.75) is 25.9 Å². The van der Waals surface area contributed by atoms with Crippen LogP contribution in [0.3, 0.4) is 0 Å². The van der Waals surface area contributed by atoms with Gasteiger partial charge < -0.3 is 4.74 Å². The summed E-state index contributed by atoms with van der Waals surface area (Å²) in [6.45, 7) is 7.94. The summed E-state index contributed by atoms with van der Waals surface area (Å²) in [5.74, 6) is -0.199. The molecule has 2 aromatic rings. The first-order chi connectivity index (χ1) is 11.7. The van der Waals surface area contributed by atoms with Gasteiger partial charge in [0.25, 0.3) is 0 Å². The van der Waals surface area contributed by atoms with E-state index in [-0.39, 0.29) is 12.6 Å². The SMILES string of the molecule is C=CCC(CC=C)(Cc1ccccc1)C(=O)OCc1ccccc1. The molecule has 2 aromatic carbocycles. The van der Waals surface area contributed by atoms with Gasteiger partial charge in [-0.2, -0.15) is 0 Å². The smallest absolute Gasteiger partial charge is 0.313 e. The second kappa shape index (κ2) is 8.88. The van der Waals surface area contributed by atoms with Gasteiger partial charge in [-0.3, -0.25) is 4.79 Å². The third kappa shape index (κ3) is 4.69. The number of allylic oxidation sites excluding steroid dienone is 2. The molecule has 0 radical (unpaired) electrons. The lowest BCUT2D eigenvalue weighted by atomic mass is 9.76. The van der Waals surface area contributed by atoms with E-state index in [1.807, 2.05) is 60.7 Å². The minimum Gasteiger partial charge on any atom is -0.460 e. The van der Waals surface area contributed by atoms with Crippen molar-refractivity contribution in [2.24, 2.45) is 5.41 Å². The highest BCUT2D eigenvalue weighted by Crippen LogP contribution is 2.34. The highest BCUT2D eigenvalue weighted by molar-refractivity contribution is 5.78. The Hall–Kier alpha value is -2.61. The van der Waals surface area contributed by atoms with Crippen LogP contribution in [0, 0.1) is 5.41 Å². The van der Waals surface area contributed by atoms with Crippen LogP contribution in [0.15, 0.2) is 86.0 Å². The van der Waals surface area contributed by atoms with E-state index in [1.54, 1.807) is 12.2 Å². The molecule has 0 saturated heterocycles. The Kier molecular flexibility index (Phi) is 6.56. The number of carbonyl (C=O) groups is 1. The van der Waals surface area contributed by atoms with Gasteiger partial charge in [-0.1, -0.05) is 72.8 Å². The molecule has 2 heteroatoms. The molecule has 0 aliphatic carbocycles. The van der Waals surface area contributed by atoms with Crippen LogP contribution in [0.5, 0.6) is 0 Å². The molecule has 24 heavy (non-hydrogen) atoms. The van der Waals surface area contributed by atoms with Crippen LogP contribution < -0.4 is 0 Å². The zero-order valence-electron chi connectivity index (χ0n) is 14.0. The maximum Gasteiger partial charge on any atom is 0.313 e. The fraction of sp³-hybridized carbons (Fsp3) is 0.227. The number of carbonyl (C=O) groups excluding carboxylic acids is 1. The number of hydrogen-bond acceptors (Lipinski definition) is 2. The number of esters is 1. The van der Waals surface area contributed by atoms with Gasteiger partial charge in [-0.05, 0) is 30.4 Å². The summed E-state index contributed by atoms with van der Waals surface area (Å²) in [6, 6.07) is 19.7. The van der Waals surface area contributed by atoms with Gasteiger partial charge in [0.05, 0.1) is 5.41 Å². The predicted octanol–water partition coefficient (Wildman–Crippen LogP) is 5.11. The van der Waals surface area contributed by atoms with Gasteiger partial charge in [0, 0.05) is 0 Å². The molecule has 2 rings (SSSR count). The summed E-state index contributed by atoms with van der Waals surface area (Å²) in [4.78, 5) is 12.9. The standard InChI is InChI=1S/C22H24O2/c1-3-15-22(16-4-2,17-19-11-7-5-8-12-19)21(23)24-18-20-13-9-6-10-14-20/h3-14H,1-2,15-18H2. The van der Waals surface area contributed by atoms with Gasteiger partial charge in [0.15, 0.2) is 0 Å². The second-order valence-corrected chi connectivity index (χ2v) is 5.99. The van der Waals surface area contributed by atoms with Crippen molar-refractivity contribution in [1.82, 2.24) is 0 Å². The lowest BCUT2D eigenvalue weighted by Gasteiger charge is -2.30. The number of ether oxygens (including phenoxy) is 1. The summed E-state index contributed by atoms with van der Waals surface area (Å²) in [7, 11) is 0. The van der Waals surface area contributed by atoms with E-state index in [1.165, 1.54) is 0 Å². The topological polar surface area (TPSA) is 26.3 Å². The number of rotatable bonds is 9. The van der Waals surface area contributed by atoms with Gasteiger partial charge in [-0.25, -0.2) is 0 Å². The van der Waals surface area contributed by atoms with Gasteiger partial charge in [0.2, 0.25) is 0 Å². The van der Waals surface area contributed by atoms with Crippen LogP contribution in [-0.4, -0.2) is 5.97 Å². The molecule has 0 bridgehead atoms. The first-order valence-electron chi connectivity index (χ1n) is 8.17. The van der Waals surface area contributed by atoms with Crippen molar-refractivity contribution in [2.75, 3.05) is 0 Å². The normalized spacial score (nSPS) is 10.8. The van der Waals surface area contributed by atoms with Crippen molar-refractivity contribution in [3.05, 3.63) is 97.1 Å². The fourth-order valence-electron chi connectivity index (χ4n) is 2.88. The van der Waals surface area contributed by atoms with E-state index in [2.05, 4.69) is 13.2 Å². The zero-order chi connectivity index (χ0) is 17.3. The maximum atomic E-state index is 12.9. The molecule has 0 heterocycles. The van der Waals surface area contributed by atoms with Gasteiger partial charge >= 0.3 is 5.97 Å². The lowest BCUT2D eigenvalue weighted by Crippen LogP contribution is -2.34. The molecule has 124 valence electrons. The first-order valence-corrected chi connectivity index (χ1v) is 8.17. The van der Waals surface area contributed by atoms with Crippen molar-refractivity contribution in [1.29, 1.82) is 0 Å². The van der Waals surface area contributed by atoms with Crippen LogP contribution >= 0.6 is 0 Å². The van der Waals surface area contributed by atoms with E-state index in [0.29, 0.717) is 19.3 Å². The zero-order valence-corrected chi connectivity index (χ0v) is 14.0. The van der Waals surface area contributed by atoms with Crippen molar-refractivity contribution < 1.29 is 9.53 Å². The van der Waals surface area contributed by atoms with Crippen LogP contribution in [0.25, 0.3) is 0 Å². The summed E-state index contributed by atoms with van der Waals surface area (Å²) in [5, 5.41) is 0. The highest BCUT2D eigenvalue weighted by atomic mass is 16.5. The molecule has 0 saturated carbocycles. The third-order valence-electron chi connectivity index (χ3n) is 4.10. The van der Waals surface area contributed by atoms with Crippen molar-refractivity contribution >= 4 is 5.97 Å². The average molecular weight is 320 g/mol. The number of hydrogen-bond donors (Lipinski definition) is 0. The van der Waals surface area contributed by atoms with Crippen molar-refractivity contribution in [3.8, 4) is 0 Å². The van der Waals surface area contributed by atoms with Crippen LogP contribution in [-0.2, 0) is 22.6 Å². The Labute approximate surface area is 144 Å². The Morgan fingerprint density at radius 1 is 0.875 bits per heavy atom. The molecule has 0 amide bonds. The Balaban J connectivity index is 2.18.